The zero-order valence-corrected chi connectivity index (χ0v) is 12.0. The van der Waals surface area contributed by atoms with Crippen molar-refractivity contribution in [1.82, 2.24) is 4.57 Å². The molecule has 0 radical (unpaired) electrons. The van der Waals surface area contributed by atoms with E-state index in [1.807, 2.05) is 54.1 Å². The van der Waals surface area contributed by atoms with Gasteiger partial charge >= 0.3 is 0 Å². The molecule has 1 N–H and O–H groups in total. The molecule has 0 fully saturated rings. The molecule has 3 aromatic rings. The van der Waals surface area contributed by atoms with Crippen molar-refractivity contribution in [3.63, 3.8) is 0 Å². The van der Waals surface area contributed by atoms with Crippen LogP contribution in [0.5, 0.6) is 17.2 Å². The monoisotopic (exact) mass is 283 g/mol. The average Bonchev–Trinajstić information content (AvgIpc) is 2.84. The number of aryl methyl sites for hydroxylation is 1. The number of rotatable bonds is 4. The van der Waals surface area contributed by atoms with Crippen molar-refractivity contribution in [2.75, 3.05) is 7.11 Å². The Morgan fingerprint density at radius 3 is 2.57 bits per heavy atom. The highest BCUT2D eigenvalue weighted by Gasteiger charge is 2.09. The van der Waals surface area contributed by atoms with Gasteiger partial charge in [-0.2, -0.15) is 0 Å². The van der Waals surface area contributed by atoms with Gasteiger partial charge in [0.15, 0.2) is 0 Å². The van der Waals surface area contributed by atoms with Crippen LogP contribution in [0.4, 0.5) is 0 Å². The van der Waals surface area contributed by atoms with Crippen LogP contribution in [0.1, 0.15) is 5.69 Å². The smallest absolute Gasteiger partial charge is 0.128 e. The second-order valence-corrected chi connectivity index (χ2v) is 4.87. The van der Waals surface area contributed by atoms with Crippen molar-refractivity contribution < 1.29 is 14.6 Å². The Hall–Kier alpha value is -2.62. The van der Waals surface area contributed by atoms with Crippen LogP contribution in [-0.2, 0) is 13.7 Å². The maximum atomic E-state index is 9.89. The molecule has 1 heterocycles. The van der Waals surface area contributed by atoms with E-state index >= 15 is 0 Å². The summed E-state index contributed by atoms with van der Waals surface area (Å²) < 4.78 is 13.0. The summed E-state index contributed by atoms with van der Waals surface area (Å²) in [5, 5.41) is 10.7. The Labute approximate surface area is 123 Å². The SMILES string of the molecule is COc1cccc(OCc2cc3c(O)cccc3n2C)c1. The average molecular weight is 283 g/mol. The number of aromatic nitrogens is 1. The number of benzene rings is 2. The third-order valence-corrected chi connectivity index (χ3v) is 3.59. The van der Waals surface area contributed by atoms with Gasteiger partial charge in [-0.25, -0.2) is 0 Å². The molecule has 0 aliphatic rings. The van der Waals surface area contributed by atoms with Gasteiger partial charge in [-0.15, -0.1) is 0 Å². The summed E-state index contributed by atoms with van der Waals surface area (Å²) in [6.07, 6.45) is 0. The maximum Gasteiger partial charge on any atom is 0.128 e. The van der Waals surface area contributed by atoms with Crippen molar-refractivity contribution in [2.24, 2.45) is 7.05 Å². The molecule has 0 aliphatic heterocycles. The van der Waals surface area contributed by atoms with Crippen LogP contribution in [0, 0.1) is 0 Å². The molecule has 0 saturated carbocycles. The zero-order chi connectivity index (χ0) is 14.8. The van der Waals surface area contributed by atoms with Gasteiger partial charge in [0.05, 0.1) is 18.3 Å². The summed E-state index contributed by atoms with van der Waals surface area (Å²) in [7, 11) is 3.60. The lowest BCUT2D eigenvalue weighted by atomic mass is 10.2. The number of phenolic OH excluding ortho intramolecular Hbond substituents is 1. The number of phenols is 1. The minimum atomic E-state index is 0.288. The number of ether oxygens (including phenoxy) is 2. The molecule has 0 bridgehead atoms. The normalized spacial score (nSPS) is 10.8. The molecule has 4 heteroatoms. The summed E-state index contributed by atoms with van der Waals surface area (Å²) in [6, 6.07) is 15.0. The van der Waals surface area contributed by atoms with Gasteiger partial charge in [-0.05, 0) is 30.3 Å². The lowest BCUT2D eigenvalue weighted by Gasteiger charge is -2.08. The quantitative estimate of drug-likeness (QED) is 0.797. The van der Waals surface area contributed by atoms with E-state index in [2.05, 4.69) is 0 Å². The third kappa shape index (κ3) is 2.52. The van der Waals surface area contributed by atoms with Crippen molar-refractivity contribution in [3.05, 3.63) is 54.2 Å². The van der Waals surface area contributed by atoms with E-state index in [0.29, 0.717) is 6.61 Å². The molecule has 0 unspecified atom stereocenters. The first-order chi connectivity index (χ1) is 10.2. The van der Waals surface area contributed by atoms with Crippen LogP contribution < -0.4 is 9.47 Å². The Morgan fingerprint density at radius 2 is 1.81 bits per heavy atom. The third-order valence-electron chi connectivity index (χ3n) is 3.59. The molecule has 4 nitrogen and oxygen atoms in total. The van der Waals surface area contributed by atoms with Crippen molar-refractivity contribution in [2.45, 2.75) is 6.61 Å². The summed E-state index contributed by atoms with van der Waals surface area (Å²) in [5.41, 5.74) is 1.98. The molecule has 0 aliphatic carbocycles. The number of methoxy groups -OCH3 is 1. The first kappa shape index (κ1) is 13.4. The van der Waals surface area contributed by atoms with Gasteiger partial charge in [0.2, 0.25) is 0 Å². The van der Waals surface area contributed by atoms with Crippen LogP contribution >= 0.6 is 0 Å². The van der Waals surface area contributed by atoms with E-state index < -0.39 is 0 Å². The molecule has 0 spiro atoms. The summed E-state index contributed by atoms with van der Waals surface area (Å²) in [5.74, 6) is 1.81. The number of hydrogen-bond donors (Lipinski definition) is 1. The maximum absolute atomic E-state index is 9.89. The number of nitrogens with zero attached hydrogens (tertiary/aromatic N) is 1. The lowest BCUT2D eigenvalue weighted by Crippen LogP contribution is -2.01. The Morgan fingerprint density at radius 1 is 1.05 bits per heavy atom. The summed E-state index contributed by atoms with van der Waals surface area (Å²) in [4.78, 5) is 0. The van der Waals surface area contributed by atoms with Crippen LogP contribution in [-0.4, -0.2) is 16.8 Å². The number of hydrogen-bond acceptors (Lipinski definition) is 3. The highest BCUT2D eigenvalue weighted by Crippen LogP contribution is 2.28. The predicted molar refractivity (Wildman–Crippen MR) is 81.9 cm³/mol. The fraction of sp³-hybridized carbons (Fsp3) is 0.176. The standard InChI is InChI=1S/C17H17NO3/c1-18-12(9-15-16(18)7-4-8-17(15)19)11-21-14-6-3-5-13(10-14)20-2/h3-10,19H,11H2,1-2H3. The first-order valence-electron chi connectivity index (χ1n) is 6.72. The topological polar surface area (TPSA) is 43.6 Å². The van der Waals surface area contributed by atoms with E-state index in [-0.39, 0.29) is 5.75 Å². The summed E-state index contributed by atoms with van der Waals surface area (Å²) in [6.45, 7) is 0.428. The van der Waals surface area contributed by atoms with Crippen LogP contribution in [0.15, 0.2) is 48.5 Å². The van der Waals surface area contributed by atoms with Crippen molar-refractivity contribution in [1.29, 1.82) is 0 Å². The van der Waals surface area contributed by atoms with Gasteiger partial charge < -0.3 is 19.1 Å². The molecule has 1 aromatic heterocycles. The minimum Gasteiger partial charge on any atom is -0.507 e. The molecule has 0 amide bonds. The van der Waals surface area contributed by atoms with Crippen LogP contribution in [0.3, 0.4) is 0 Å². The molecule has 0 atom stereocenters. The van der Waals surface area contributed by atoms with Crippen LogP contribution in [0.2, 0.25) is 0 Å². The molecule has 108 valence electrons. The molecular formula is C17H17NO3. The highest BCUT2D eigenvalue weighted by molar-refractivity contribution is 5.87. The van der Waals surface area contributed by atoms with E-state index in [1.165, 1.54) is 0 Å². The van der Waals surface area contributed by atoms with E-state index in [9.17, 15) is 5.11 Å². The lowest BCUT2D eigenvalue weighted by molar-refractivity contribution is 0.295. The Balaban J connectivity index is 1.85. The van der Waals surface area contributed by atoms with Crippen LogP contribution in [0.25, 0.3) is 10.9 Å². The second kappa shape index (κ2) is 5.40. The van der Waals surface area contributed by atoms with Gasteiger partial charge in [0.1, 0.15) is 23.9 Å². The molecular weight excluding hydrogens is 266 g/mol. The van der Waals surface area contributed by atoms with Gasteiger partial charge in [-0.3, -0.25) is 0 Å². The number of fused-ring (bicyclic) bond motifs is 1. The predicted octanol–water partition coefficient (Wildman–Crippen LogP) is 3.47. The fourth-order valence-corrected chi connectivity index (χ4v) is 2.39. The molecule has 3 rings (SSSR count). The summed E-state index contributed by atoms with van der Waals surface area (Å²) >= 11 is 0. The minimum absolute atomic E-state index is 0.288. The molecule has 21 heavy (non-hydrogen) atoms. The van der Waals surface area contributed by atoms with Crippen molar-refractivity contribution >= 4 is 10.9 Å². The highest BCUT2D eigenvalue weighted by atomic mass is 16.5. The largest absolute Gasteiger partial charge is 0.507 e. The van der Waals surface area contributed by atoms with E-state index in [0.717, 1.165) is 28.1 Å². The van der Waals surface area contributed by atoms with E-state index in [4.69, 9.17) is 9.47 Å². The zero-order valence-electron chi connectivity index (χ0n) is 12.0. The first-order valence-corrected chi connectivity index (χ1v) is 6.72. The van der Waals surface area contributed by atoms with Crippen molar-refractivity contribution in [3.8, 4) is 17.2 Å². The van der Waals surface area contributed by atoms with Gasteiger partial charge in [0.25, 0.3) is 0 Å². The van der Waals surface area contributed by atoms with E-state index in [1.54, 1.807) is 13.2 Å². The van der Waals surface area contributed by atoms with Gasteiger partial charge in [-0.1, -0.05) is 12.1 Å². The Bertz CT molecular complexity index is 777. The molecule has 0 saturated heterocycles. The fourth-order valence-electron chi connectivity index (χ4n) is 2.39. The Kier molecular flexibility index (Phi) is 3.44. The molecule has 2 aromatic carbocycles. The number of aromatic hydroxyl groups is 1. The second-order valence-electron chi connectivity index (χ2n) is 4.87. The van der Waals surface area contributed by atoms with Gasteiger partial charge in [0, 0.05) is 18.5 Å².